The molecule has 1 atom stereocenters. The number of thiazole rings is 1. The van der Waals surface area contributed by atoms with Crippen molar-refractivity contribution in [2.45, 2.75) is 26.2 Å². The number of rotatable bonds is 4. The maximum atomic E-state index is 13.2. The summed E-state index contributed by atoms with van der Waals surface area (Å²) in [7, 11) is 0. The number of anilines is 1. The van der Waals surface area contributed by atoms with Crippen LogP contribution in [0.15, 0.2) is 61.2 Å². The number of aryl methyl sites for hydroxylation is 2. The Labute approximate surface area is 179 Å². The molecule has 0 fully saturated rings. The molecular weight excluding hydrogens is 392 g/mol. The second-order valence-electron chi connectivity index (χ2n) is 7.66. The van der Waals surface area contributed by atoms with Crippen molar-refractivity contribution in [2.24, 2.45) is 0 Å². The highest BCUT2D eigenvalue weighted by atomic mass is 32.1. The van der Waals surface area contributed by atoms with Crippen molar-refractivity contribution in [1.29, 1.82) is 0 Å². The van der Waals surface area contributed by atoms with Gasteiger partial charge in [0, 0.05) is 24.4 Å². The highest BCUT2D eigenvalue weighted by molar-refractivity contribution is 7.20. The summed E-state index contributed by atoms with van der Waals surface area (Å²) in [6, 6.07) is 16.5. The molecule has 0 saturated heterocycles. The number of carbonyl (C=O) groups excluding carboxylic acids is 1. The van der Waals surface area contributed by atoms with Crippen LogP contribution in [0.4, 0.5) is 5.82 Å². The molecule has 30 heavy (non-hydrogen) atoms. The first-order chi connectivity index (χ1) is 14.6. The van der Waals surface area contributed by atoms with Gasteiger partial charge in [-0.05, 0) is 31.5 Å². The van der Waals surface area contributed by atoms with Crippen LogP contribution < -0.4 is 4.90 Å². The highest BCUT2D eigenvalue weighted by Gasteiger charge is 2.37. The Morgan fingerprint density at radius 2 is 1.93 bits per heavy atom. The van der Waals surface area contributed by atoms with E-state index in [1.54, 1.807) is 22.3 Å². The Morgan fingerprint density at radius 3 is 2.67 bits per heavy atom. The molecule has 6 heteroatoms. The lowest BCUT2D eigenvalue weighted by Gasteiger charge is -2.32. The molecule has 1 unspecified atom stereocenters. The van der Waals surface area contributed by atoms with E-state index >= 15 is 0 Å². The van der Waals surface area contributed by atoms with Gasteiger partial charge < -0.3 is 0 Å². The van der Waals surface area contributed by atoms with Crippen molar-refractivity contribution in [3.05, 3.63) is 83.6 Å². The predicted octanol–water partition coefficient (Wildman–Crippen LogP) is 5.15. The first-order valence-corrected chi connectivity index (χ1v) is 10.8. The molecule has 0 bridgehead atoms. The van der Waals surface area contributed by atoms with Crippen molar-refractivity contribution in [3.8, 4) is 5.13 Å². The van der Waals surface area contributed by atoms with E-state index in [9.17, 15) is 4.79 Å². The van der Waals surface area contributed by atoms with Gasteiger partial charge in [-0.15, -0.1) is 6.58 Å². The normalized spacial score (nSPS) is 16.1. The van der Waals surface area contributed by atoms with Gasteiger partial charge in [-0.2, -0.15) is 9.78 Å². The number of para-hydroxylation sites is 1. The molecule has 4 aromatic rings. The van der Waals surface area contributed by atoms with Crippen LogP contribution >= 0.6 is 11.3 Å². The monoisotopic (exact) mass is 414 g/mol. The average Bonchev–Trinajstić information content (AvgIpc) is 3.32. The SMILES string of the molecule is C=CCN1C(=O)CC(c2ccc(C)cc2)c2c(C)nn(-c3nc4ccccc4s3)c21. The summed E-state index contributed by atoms with van der Waals surface area (Å²) < 4.78 is 2.94. The van der Waals surface area contributed by atoms with Crippen LogP contribution in [0.3, 0.4) is 0 Å². The van der Waals surface area contributed by atoms with Crippen molar-refractivity contribution in [1.82, 2.24) is 14.8 Å². The van der Waals surface area contributed by atoms with E-state index in [1.807, 2.05) is 29.8 Å². The molecule has 0 spiro atoms. The lowest BCUT2D eigenvalue weighted by Crippen LogP contribution is -2.38. The van der Waals surface area contributed by atoms with E-state index in [2.05, 4.69) is 43.8 Å². The van der Waals surface area contributed by atoms with E-state index in [1.165, 1.54) is 5.56 Å². The van der Waals surface area contributed by atoms with Crippen LogP contribution in [-0.4, -0.2) is 27.2 Å². The number of benzene rings is 2. The topological polar surface area (TPSA) is 51.0 Å². The van der Waals surface area contributed by atoms with E-state index in [0.717, 1.165) is 38.0 Å². The molecule has 1 aliphatic rings. The van der Waals surface area contributed by atoms with E-state index in [-0.39, 0.29) is 11.8 Å². The standard InChI is InChI=1S/C24H22N4OS/c1-4-13-27-21(29)14-18(17-11-9-15(2)10-12-17)22-16(3)26-28(23(22)27)24-25-19-7-5-6-8-20(19)30-24/h4-12,18H,1,13-14H2,2-3H3. The number of hydrogen-bond acceptors (Lipinski definition) is 4. The minimum Gasteiger partial charge on any atom is -0.292 e. The summed E-state index contributed by atoms with van der Waals surface area (Å²) in [5, 5.41) is 5.62. The first-order valence-electron chi connectivity index (χ1n) is 10.00. The molecule has 0 N–H and O–H groups in total. The van der Waals surface area contributed by atoms with Crippen LogP contribution in [0.2, 0.25) is 0 Å². The van der Waals surface area contributed by atoms with Crippen LogP contribution in [0.5, 0.6) is 0 Å². The van der Waals surface area contributed by atoms with Crippen LogP contribution in [0, 0.1) is 13.8 Å². The third-order valence-electron chi connectivity index (χ3n) is 5.62. The lowest BCUT2D eigenvalue weighted by atomic mass is 9.85. The van der Waals surface area contributed by atoms with E-state index < -0.39 is 0 Å². The molecule has 1 amide bonds. The largest absolute Gasteiger partial charge is 0.292 e. The summed E-state index contributed by atoms with van der Waals surface area (Å²) >= 11 is 1.58. The van der Waals surface area contributed by atoms with Crippen LogP contribution in [0.1, 0.15) is 34.7 Å². The first kappa shape index (κ1) is 18.8. The minimum atomic E-state index is -0.0164. The average molecular weight is 415 g/mol. The lowest BCUT2D eigenvalue weighted by molar-refractivity contribution is -0.119. The van der Waals surface area contributed by atoms with Gasteiger partial charge in [0.1, 0.15) is 5.82 Å². The molecule has 0 aliphatic carbocycles. The summed E-state index contributed by atoms with van der Waals surface area (Å²) in [4.78, 5) is 19.8. The number of nitrogens with zero attached hydrogens (tertiary/aromatic N) is 4. The van der Waals surface area contributed by atoms with Crippen LogP contribution in [0.25, 0.3) is 15.3 Å². The van der Waals surface area contributed by atoms with Gasteiger partial charge in [0.15, 0.2) is 0 Å². The van der Waals surface area contributed by atoms with Crippen molar-refractivity contribution in [2.75, 3.05) is 11.4 Å². The molecule has 5 nitrogen and oxygen atoms in total. The second kappa shape index (κ2) is 7.22. The van der Waals surface area contributed by atoms with Crippen molar-refractivity contribution < 1.29 is 4.79 Å². The Hall–Kier alpha value is -3.25. The van der Waals surface area contributed by atoms with Gasteiger partial charge in [-0.3, -0.25) is 9.69 Å². The molecule has 1 aliphatic heterocycles. The Bertz CT molecular complexity index is 1240. The zero-order chi connectivity index (χ0) is 20.8. The molecule has 2 aromatic carbocycles. The molecule has 5 rings (SSSR count). The van der Waals surface area contributed by atoms with E-state index in [4.69, 9.17) is 10.1 Å². The summed E-state index contributed by atoms with van der Waals surface area (Å²) in [6.07, 6.45) is 2.19. The smallest absolute Gasteiger partial charge is 0.229 e. The van der Waals surface area contributed by atoms with Gasteiger partial charge in [-0.1, -0.05) is 59.4 Å². The third kappa shape index (κ3) is 2.95. The Kier molecular flexibility index (Phi) is 4.51. The quantitative estimate of drug-likeness (QED) is 0.434. The second-order valence-corrected chi connectivity index (χ2v) is 8.67. The fourth-order valence-corrected chi connectivity index (χ4v) is 5.10. The van der Waals surface area contributed by atoms with Crippen molar-refractivity contribution >= 4 is 33.3 Å². The molecule has 0 radical (unpaired) electrons. The zero-order valence-electron chi connectivity index (χ0n) is 17.0. The number of amides is 1. The number of hydrogen-bond donors (Lipinski definition) is 0. The highest BCUT2D eigenvalue weighted by Crippen LogP contribution is 2.43. The molecular formula is C24H22N4OS. The number of carbonyl (C=O) groups is 1. The maximum Gasteiger partial charge on any atom is 0.229 e. The predicted molar refractivity (Wildman–Crippen MR) is 122 cm³/mol. The Balaban J connectivity index is 1.73. The molecule has 150 valence electrons. The van der Waals surface area contributed by atoms with Crippen molar-refractivity contribution in [3.63, 3.8) is 0 Å². The summed E-state index contributed by atoms with van der Waals surface area (Å²) in [6.45, 7) is 8.40. The van der Waals surface area contributed by atoms with E-state index in [0.29, 0.717) is 13.0 Å². The Morgan fingerprint density at radius 1 is 1.17 bits per heavy atom. The molecule has 0 saturated carbocycles. The number of aromatic nitrogens is 3. The third-order valence-corrected chi connectivity index (χ3v) is 6.63. The van der Waals surface area contributed by atoms with Gasteiger partial charge in [0.2, 0.25) is 11.0 Å². The fraction of sp³-hybridized carbons (Fsp3) is 0.208. The van der Waals surface area contributed by atoms with Crippen LogP contribution in [-0.2, 0) is 4.79 Å². The maximum absolute atomic E-state index is 13.2. The number of fused-ring (bicyclic) bond motifs is 2. The van der Waals surface area contributed by atoms with Gasteiger partial charge in [-0.25, -0.2) is 4.98 Å². The van der Waals surface area contributed by atoms with Gasteiger partial charge in [0.05, 0.1) is 15.9 Å². The van der Waals surface area contributed by atoms with Gasteiger partial charge in [0.25, 0.3) is 0 Å². The zero-order valence-corrected chi connectivity index (χ0v) is 17.8. The summed E-state index contributed by atoms with van der Waals surface area (Å²) in [5.74, 6) is 0.876. The fourth-order valence-electron chi connectivity index (χ4n) is 4.18. The molecule has 2 aromatic heterocycles. The molecule has 3 heterocycles. The minimum absolute atomic E-state index is 0.0164. The van der Waals surface area contributed by atoms with Gasteiger partial charge >= 0.3 is 0 Å². The summed E-state index contributed by atoms with van der Waals surface area (Å²) in [5.41, 5.74) is 5.31.